The number of aryl methyl sites for hydroxylation is 1. The molecule has 1 aromatic carbocycles. The molecule has 18 heavy (non-hydrogen) atoms. The Labute approximate surface area is 134 Å². The van der Waals surface area contributed by atoms with Gasteiger partial charge in [0.05, 0.1) is 0 Å². The number of hydrogen-bond donors (Lipinski definition) is 0. The summed E-state index contributed by atoms with van der Waals surface area (Å²) in [6.45, 7) is 4.08. The summed E-state index contributed by atoms with van der Waals surface area (Å²) in [7, 11) is 1.84. The van der Waals surface area contributed by atoms with Crippen molar-refractivity contribution in [2.45, 2.75) is 26.7 Å². The van der Waals surface area contributed by atoms with Gasteiger partial charge in [0.15, 0.2) is 0 Å². The third-order valence-electron chi connectivity index (χ3n) is 3.32. The van der Waals surface area contributed by atoms with E-state index in [4.69, 9.17) is 0 Å². The summed E-state index contributed by atoms with van der Waals surface area (Å²) in [5, 5.41) is 0. The summed E-state index contributed by atoms with van der Waals surface area (Å²) in [5.74, 6) is 0.238. The van der Waals surface area contributed by atoms with Crippen LogP contribution in [0, 0.1) is 12.0 Å². The molecule has 0 bridgehead atoms. The van der Waals surface area contributed by atoms with Crippen molar-refractivity contribution in [2.75, 3.05) is 7.05 Å². The third-order valence-corrected chi connectivity index (χ3v) is 3.32. The van der Waals surface area contributed by atoms with Gasteiger partial charge in [-0.25, -0.2) is 6.08 Å². The zero-order chi connectivity index (χ0) is 12.4. The molecule has 1 aromatic rings. The summed E-state index contributed by atoms with van der Waals surface area (Å²) in [6, 6.07) is 8.23. The largest absolute Gasteiger partial charge is 0.350 e. The predicted octanol–water partition coefficient (Wildman–Crippen LogP) is 2.89. The topological polar surface area (TPSA) is 20.3 Å². The van der Waals surface area contributed by atoms with Crippen molar-refractivity contribution in [3.8, 4) is 0 Å². The van der Waals surface area contributed by atoms with Gasteiger partial charge < -0.3 is 4.90 Å². The molecular formula is C15H18NOY-. The fraction of sp³-hybridized carbons (Fsp3) is 0.400. The van der Waals surface area contributed by atoms with E-state index >= 15 is 0 Å². The zero-order valence-corrected chi connectivity index (χ0v) is 14.1. The van der Waals surface area contributed by atoms with Gasteiger partial charge in [-0.3, -0.25) is 4.79 Å². The van der Waals surface area contributed by atoms with E-state index in [9.17, 15) is 4.79 Å². The van der Waals surface area contributed by atoms with Crippen LogP contribution in [0.2, 0.25) is 0 Å². The second-order valence-corrected chi connectivity index (χ2v) is 4.54. The van der Waals surface area contributed by atoms with Crippen LogP contribution in [0.3, 0.4) is 0 Å². The maximum Gasteiger partial charge on any atom is 0.225 e. The van der Waals surface area contributed by atoms with Gasteiger partial charge in [0, 0.05) is 45.7 Å². The van der Waals surface area contributed by atoms with Gasteiger partial charge in [-0.1, -0.05) is 38.5 Å². The molecule has 0 aliphatic carbocycles. The minimum absolute atomic E-state index is 0. The summed E-state index contributed by atoms with van der Waals surface area (Å²) in [6.07, 6.45) is 5.05. The summed E-state index contributed by atoms with van der Waals surface area (Å²) in [5.41, 5.74) is 3.34. The average molecular weight is 317 g/mol. The van der Waals surface area contributed by atoms with E-state index in [-0.39, 0.29) is 44.5 Å². The first-order chi connectivity index (χ1) is 8.15. The number of rotatable bonds is 2. The van der Waals surface area contributed by atoms with E-state index < -0.39 is 0 Å². The van der Waals surface area contributed by atoms with Gasteiger partial charge in [-0.15, -0.1) is 22.9 Å². The van der Waals surface area contributed by atoms with Gasteiger partial charge >= 0.3 is 0 Å². The number of carbonyl (C=O) groups excluding carboxylic acids is 1. The molecule has 1 aliphatic heterocycles. The Hall–Kier alpha value is -0.466. The van der Waals surface area contributed by atoms with E-state index in [1.54, 1.807) is 4.90 Å². The number of carbonyl (C=O) groups is 1. The Morgan fingerprint density at radius 3 is 2.72 bits per heavy atom. The van der Waals surface area contributed by atoms with Crippen LogP contribution in [0.1, 0.15) is 31.4 Å². The molecule has 1 amide bonds. The quantitative estimate of drug-likeness (QED) is 0.768. The molecule has 1 radical (unpaired) electrons. The van der Waals surface area contributed by atoms with E-state index in [0.717, 1.165) is 24.1 Å². The monoisotopic (exact) mass is 317 g/mol. The van der Waals surface area contributed by atoms with Crippen molar-refractivity contribution in [2.24, 2.45) is 5.92 Å². The number of hydrogen-bond acceptors (Lipinski definition) is 1. The molecule has 2 rings (SSSR count). The minimum atomic E-state index is 0. The van der Waals surface area contributed by atoms with Crippen LogP contribution in [0.5, 0.6) is 0 Å². The molecule has 0 fully saturated rings. The van der Waals surface area contributed by atoms with Gasteiger partial charge in [0.2, 0.25) is 5.91 Å². The molecule has 0 spiro atoms. The summed E-state index contributed by atoms with van der Waals surface area (Å²) >= 11 is 0. The Kier molecular flexibility index (Phi) is 5.74. The molecule has 1 unspecified atom stereocenters. The van der Waals surface area contributed by atoms with Gasteiger partial charge in [0.25, 0.3) is 0 Å². The zero-order valence-electron chi connectivity index (χ0n) is 11.2. The van der Waals surface area contributed by atoms with Crippen LogP contribution in [-0.4, -0.2) is 17.9 Å². The van der Waals surface area contributed by atoms with Crippen molar-refractivity contribution in [3.63, 3.8) is 0 Å². The molecule has 1 aliphatic rings. The van der Waals surface area contributed by atoms with Crippen molar-refractivity contribution < 1.29 is 37.5 Å². The Morgan fingerprint density at radius 1 is 1.39 bits per heavy atom. The van der Waals surface area contributed by atoms with Crippen LogP contribution >= 0.6 is 0 Å². The van der Waals surface area contributed by atoms with Crippen LogP contribution in [0.25, 0.3) is 5.70 Å². The second kappa shape index (κ2) is 6.63. The third kappa shape index (κ3) is 2.92. The van der Waals surface area contributed by atoms with E-state index in [2.05, 4.69) is 25.1 Å². The molecule has 1 atom stereocenters. The fourth-order valence-corrected chi connectivity index (χ4v) is 2.23. The SMILES string of the molecule is CCc1ccccc1C1=[C-]CC(C)C(=O)N1C.[Y]. The predicted molar refractivity (Wildman–Crippen MR) is 69.0 cm³/mol. The Morgan fingerprint density at radius 2 is 2.06 bits per heavy atom. The number of benzene rings is 1. The van der Waals surface area contributed by atoms with Gasteiger partial charge in [-0.05, 0) is 6.42 Å². The van der Waals surface area contributed by atoms with Crippen molar-refractivity contribution in [1.82, 2.24) is 4.90 Å². The molecule has 0 aromatic heterocycles. The standard InChI is InChI=1S/C15H18NO.Y/c1-4-12-7-5-6-8-13(12)14-10-9-11(2)15(17)16(14)3;/h5-8,11H,4,9H2,1-3H3;/q-1;. The molecule has 0 N–H and O–H groups in total. The van der Waals surface area contributed by atoms with E-state index in [1.165, 1.54) is 5.56 Å². The van der Waals surface area contributed by atoms with E-state index in [0.29, 0.717) is 0 Å². The van der Waals surface area contributed by atoms with Crippen LogP contribution in [-0.2, 0) is 43.9 Å². The van der Waals surface area contributed by atoms with Gasteiger partial charge in [-0.2, -0.15) is 0 Å². The number of allylic oxidation sites excluding steroid dienone is 1. The minimum Gasteiger partial charge on any atom is -0.350 e. The normalized spacial score (nSPS) is 19.3. The maximum absolute atomic E-state index is 12.0. The first-order valence-electron chi connectivity index (χ1n) is 6.11. The molecule has 0 saturated heterocycles. The van der Waals surface area contributed by atoms with Crippen LogP contribution < -0.4 is 0 Å². The average Bonchev–Trinajstić information content (AvgIpc) is 2.36. The van der Waals surface area contributed by atoms with Crippen molar-refractivity contribution in [1.29, 1.82) is 0 Å². The maximum atomic E-state index is 12.0. The fourth-order valence-electron chi connectivity index (χ4n) is 2.23. The number of amides is 1. The Bertz CT molecular complexity index is 467. The van der Waals surface area contributed by atoms with Gasteiger partial charge in [0.1, 0.15) is 0 Å². The molecule has 93 valence electrons. The summed E-state index contributed by atoms with van der Waals surface area (Å²) in [4.78, 5) is 13.7. The van der Waals surface area contributed by atoms with Crippen molar-refractivity contribution >= 4 is 11.6 Å². The molecule has 0 saturated carbocycles. The van der Waals surface area contributed by atoms with Crippen molar-refractivity contribution in [3.05, 3.63) is 41.5 Å². The molecule has 1 heterocycles. The first kappa shape index (κ1) is 15.6. The molecule has 3 heteroatoms. The molecule has 2 nitrogen and oxygen atoms in total. The van der Waals surface area contributed by atoms with Crippen LogP contribution in [0.4, 0.5) is 0 Å². The Balaban J connectivity index is 0.00000162. The van der Waals surface area contributed by atoms with Crippen LogP contribution in [0.15, 0.2) is 24.3 Å². The second-order valence-electron chi connectivity index (χ2n) is 4.54. The first-order valence-corrected chi connectivity index (χ1v) is 6.11. The molecular weight excluding hydrogens is 299 g/mol. The number of nitrogens with zero attached hydrogens (tertiary/aromatic N) is 1. The summed E-state index contributed by atoms with van der Waals surface area (Å²) < 4.78 is 0. The van der Waals surface area contributed by atoms with E-state index in [1.807, 2.05) is 26.1 Å². The smallest absolute Gasteiger partial charge is 0.225 e.